The summed E-state index contributed by atoms with van der Waals surface area (Å²) in [6.07, 6.45) is -2.22. The van der Waals surface area contributed by atoms with Gasteiger partial charge in [0, 0.05) is 13.1 Å². The van der Waals surface area contributed by atoms with Crippen LogP contribution in [-0.2, 0) is 19.1 Å². The highest BCUT2D eigenvalue weighted by Crippen LogP contribution is 2.30. The Bertz CT molecular complexity index is 1040. The fraction of sp³-hybridized carbons (Fsp3) is 0.238. The highest BCUT2D eigenvalue weighted by atomic mass is 19.4. The number of alkyl halides is 3. The third-order valence-electron chi connectivity index (χ3n) is 5.08. The quantitative estimate of drug-likeness (QED) is 0.656. The van der Waals surface area contributed by atoms with Crippen molar-refractivity contribution < 1.29 is 18.0 Å². The minimum atomic E-state index is -4.43. The van der Waals surface area contributed by atoms with E-state index in [0.717, 1.165) is 24.1 Å². The van der Waals surface area contributed by atoms with Crippen molar-refractivity contribution in [3.8, 4) is 5.69 Å². The molecular formula is C21H18F3N3O. The number of hydrogen-bond donors (Lipinski definition) is 0. The summed E-state index contributed by atoms with van der Waals surface area (Å²) in [7, 11) is 0. The van der Waals surface area contributed by atoms with Crippen LogP contribution in [0.4, 0.5) is 13.2 Å². The number of hydrogen-bond acceptors (Lipinski definition) is 2. The number of fused-ring (bicyclic) bond motifs is 1. The van der Waals surface area contributed by atoms with E-state index < -0.39 is 11.7 Å². The lowest BCUT2D eigenvalue weighted by Gasteiger charge is -2.28. The summed E-state index contributed by atoms with van der Waals surface area (Å²) in [5.74, 6) is -0.162. The molecular weight excluding hydrogens is 367 g/mol. The molecule has 1 aliphatic heterocycles. The highest BCUT2D eigenvalue weighted by Gasteiger charge is 2.31. The van der Waals surface area contributed by atoms with E-state index in [1.165, 1.54) is 22.5 Å². The molecule has 2 aromatic carbocycles. The molecule has 1 aliphatic rings. The van der Waals surface area contributed by atoms with E-state index in [0.29, 0.717) is 24.3 Å². The van der Waals surface area contributed by atoms with E-state index in [4.69, 9.17) is 0 Å². The zero-order chi connectivity index (χ0) is 19.9. The lowest BCUT2D eigenvalue weighted by molar-refractivity contribution is -0.137. The van der Waals surface area contributed by atoms with Crippen LogP contribution in [-0.4, -0.2) is 27.1 Å². The SMILES string of the molecule is Cc1c(C(=O)N2CCc3ccccc3C2)cnn1-c1cccc(C(F)(F)F)c1. The molecule has 3 aromatic rings. The number of aromatic nitrogens is 2. The smallest absolute Gasteiger partial charge is 0.334 e. The normalized spacial score (nSPS) is 14.1. The van der Waals surface area contributed by atoms with Crippen molar-refractivity contribution in [3.63, 3.8) is 0 Å². The summed E-state index contributed by atoms with van der Waals surface area (Å²) in [5.41, 5.74) is 2.80. The predicted octanol–water partition coefficient (Wildman–Crippen LogP) is 4.40. The Morgan fingerprint density at radius 3 is 2.57 bits per heavy atom. The molecule has 0 radical (unpaired) electrons. The topological polar surface area (TPSA) is 38.1 Å². The van der Waals surface area contributed by atoms with Crippen LogP contribution >= 0.6 is 0 Å². The first kappa shape index (κ1) is 18.3. The molecule has 4 nitrogen and oxygen atoms in total. The van der Waals surface area contributed by atoms with Gasteiger partial charge in [0.1, 0.15) is 0 Å². The Balaban J connectivity index is 1.62. The number of amides is 1. The van der Waals surface area contributed by atoms with Gasteiger partial charge in [0.25, 0.3) is 5.91 Å². The Morgan fingerprint density at radius 1 is 1.07 bits per heavy atom. The Kier molecular flexibility index (Phi) is 4.45. The van der Waals surface area contributed by atoms with Gasteiger partial charge in [0.05, 0.1) is 28.7 Å². The van der Waals surface area contributed by atoms with Crippen LogP contribution in [0.2, 0.25) is 0 Å². The molecule has 0 atom stereocenters. The van der Waals surface area contributed by atoms with Crippen LogP contribution in [0.3, 0.4) is 0 Å². The van der Waals surface area contributed by atoms with Crippen molar-refractivity contribution >= 4 is 5.91 Å². The lowest BCUT2D eigenvalue weighted by Crippen LogP contribution is -2.36. The van der Waals surface area contributed by atoms with Crippen molar-refractivity contribution in [1.82, 2.24) is 14.7 Å². The standard InChI is InChI=1S/C21H18F3N3O/c1-14-19(20(28)26-10-9-15-5-2-3-6-16(15)13-26)12-25-27(14)18-8-4-7-17(11-18)21(22,23)24/h2-8,11-12H,9-10,13H2,1H3. The largest absolute Gasteiger partial charge is 0.416 e. The molecule has 0 saturated carbocycles. The lowest BCUT2D eigenvalue weighted by atomic mass is 9.99. The fourth-order valence-corrected chi connectivity index (χ4v) is 3.53. The number of benzene rings is 2. The Morgan fingerprint density at radius 2 is 1.82 bits per heavy atom. The summed E-state index contributed by atoms with van der Waals surface area (Å²) < 4.78 is 40.3. The van der Waals surface area contributed by atoms with Gasteiger partial charge < -0.3 is 4.90 Å². The van der Waals surface area contributed by atoms with Crippen LogP contribution in [0, 0.1) is 6.92 Å². The van der Waals surface area contributed by atoms with Crippen molar-refractivity contribution in [2.24, 2.45) is 0 Å². The maximum atomic E-state index is 13.0. The number of carbonyl (C=O) groups is 1. The van der Waals surface area contributed by atoms with Gasteiger partial charge in [-0.05, 0) is 42.7 Å². The van der Waals surface area contributed by atoms with Crippen LogP contribution < -0.4 is 0 Å². The van der Waals surface area contributed by atoms with Gasteiger partial charge in [-0.3, -0.25) is 4.79 Å². The maximum absolute atomic E-state index is 13.0. The third kappa shape index (κ3) is 3.28. The van der Waals surface area contributed by atoms with E-state index >= 15 is 0 Å². The van der Waals surface area contributed by atoms with E-state index in [2.05, 4.69) is 11.2 Å². The second-order valence-electron chi connectivity index (χ2n) is 6.85. The van der Waals surface area contributed by atoms with Crippen molar-refractivity contribution in [3.05, 3.63) is 82.7 Å². The fourth-order valence-electron chi connectivity index (χ4n) is 3.53. The van der Waals surface area contributed by atoms with Gasteiger partial charge in [-0.25, -0.2) is 4.68 Å². The van der Waals surface area contributed by atoms with E-state index in [1.54, 1.807) is 17.9 Å². The van der Waals surface area contributed by atoms with Gasteiger partial charge in [-0.15, -0.1) is 0 Å². The molecule has 0 bridgehead atoms. The second-order valence-corrected chi connectivity index (χ2v) is 6.85. The second kappa shape index (κ2) is 6.82. The van der Waals surface area contributed by atoms with E-state index in [-0.39, 0.29) is 11.6 Å². The zero-order valence-electron chi connectivity index (χ0n) is 15.2. The van der Waals surface area contributed by atoms with Gasteiger partial charge >= 0.3 is 6.18 Å². The molecule has 2 heterocycles. The molecule has 4 rings (SSSR count). The molecule has 1 amide bonds. The minimum absolute atomic E-state index is 0.162. The zero-order valence-corrected chi connectivity index (χ0v) is 15.2. The van der Waals surface area contributed by atoms with Crippen LogP contribution in [0.15, 0.2) is 54.7 Å². The average Bonchev–Trinajstić information content (AvgIpc) is 3.08. The number of carbonyl (C=O) groups excluding carboxylic acids is 1. The number of nitrogens with zero attached hydrogens (tertiary/aromatic N) is 3. The molecule has 0 spiro atoms. The first-order chi connectivity index (χ1) is 13.3. The van der Waals surface area contributed by atoms with Crippen molar-refractivity contribution in [2.45, 2.75) is 26.1 Å². The van der Waals surface area contributed by atoms with Crippen LogP contribution in [0.25, 0.3) is 5.69 Å². The highest BCUT2D eigenvalue weighted by molar-refractivity contribution is 5.95. The van der Waals surface area contributed by atoms with Crippen molar-refractivity contribution in [1.29, 1.82) is 0 Å². The van der Waals surface area contributed by atoms with Crippen LogP contribution in [0.1, 0.15) is 32.7 Å². The molecule has 7 heteroatoms. The minimum Gasteiger partial charge on any atom is -0.334 e. The molecule has 28 heavy (non-hydrogen) atoms. The third-order valence-corrected chi connectivity index (χ3v) is 5.08. The molecule has 1 aromatic heterocycles. The molecule has 144 valence electrons. The maximum Gasteiger partial charge on any atom is 0.416 e. The van der Waals surface area contributed by atoms with Gasteiger partial charge in [0.2, 0.25) is 0 Å². The molecule has 0 fully saturated rings. The van der Waals surface area contributed by atoms with E-state index in [1.807, 2.05) is 18.2 Å². The van der Waals surface area contributed by atoms with Gasteiger partial charge in [-0.2, -0.15) is 18.3 Å². The summed E-state index contributed by atoms with van der Waals surface area (Å²) in [6, 6.07) is 12.9. The summed E-state index contributed by atoms with van der Waals surface area (Å²) in [5, 5.41) is 4.17. The van der Waals surface area contributed by atoms with Crippen molar-refractivity contribution in [2.75, 3.05) is 6.54 Å². The average molecular weight is 385 g/mol. The Labute approximate surface area is 160 Å². The predicted molar refractivity (Wildman–Crippen MR) is 98.2 cm³/mol. The number of halogens is 3. The first-order valence-corrected chi connectivity index (χ1v) is 8.93. The van der Waals surface area contributed by atoms with E-state index in [9.17, 15) is 18.0 Å². The molecule has 0 N–H and O–H groups in total. The van der Waals surface area contributed by atoms with Gasteiger partial charge in [0.15, 0.2) is 0 Å². The molecule has 0 unspecified atom stereocenters. The number of rotatable bonds is 2. The summed E-state index contributed by atoms with van der Waals surface area (Å²) in [4.78, 5) is 14.7. The molecule has 0 aliphatic carbocycles. The Hall–Kier alpha value is -3.09. The molecule has 0 saturated heterocycles. The summed E-state index contributed by atoms with van der Waals surface area (Å²) >= 11 is 0. The van der Waals surface area contributed by atoms with Crippen LogP contribution in [0.5, 0.6) is 0 Å². The monoisotopic (exact) mass is 385 g/mol. The van der Waals surface area contributed by atoms with Gasteiger partial charge in [-0.1, -0.05) is 30.3 Å². The summed E-state index contributed by atoms with van der Waals surface area (Å²) in [6.45, 7) is 2.81. The first-order valence-electron chi connectivity index (χ1n) is 8.93.